The van der Waals surface area contributed by atoms with Crippen molar-refractivity contribution in [1.29, 1.82) is 0 Å². The number of Topliss-reactive ketones (excluding diaryl/α,β-unsaturated/α-hetero) is 1. The first-order chi connectivity index (χ1) is 8.99. The van der Waals surface area contributed by atoms with Crippen molar-refractivity contribution in [2.45, 2.75) is 25.8 Å². The summed E-state index contributed by atoms with van der Waals surface area (Å²) in [7, 11) is 4.17. The van der Waals surface area contributed by atoms with Crippen molar-refractivity contribution in [3.63, 3.8) is 0 Å². The van der Waals surface area contributed by atoms with E-state index in [4.69, 9.17) is 0 Å². The van der Waals surface area contributed by atoms with Crippen LogP contribution in [0.4, 0.5) is 10.1 Å². The highest BCUT2D eigenvalue weighted by atomic mass is 19.1. The molecule has 0 amide bonds. The number of hydrogen-bond donors (Lipinski definition) is 0. The van der Waals surface area contributed by atoms with Crippen molar-refractivity contribution in [1.82, 2.24) is 4.90 Å². The van der Waals surface area contributed by atoms with Gasteiger partial charge in [-0.1, -0.05) is 0 Å². The number of ketones is 1. The van der Waals surface area contributed by atoms with E-state index in [2.05, 4.69) is 23.9 Å². The Kier molecular flexibility index (Phi) is 4.20. The van der Waals surface area contributed by atoms with Gasteiger partial charge in [-0.15, -0.1) is 0 Å². The summed E-state index contributed by atoms with van der Waals surface area (Å²) in [6, 6.07) is 5.35. The van der Waals surface area contributed by atoms with Gasteiger partial charge in [0.25, 0.3) is 0 Å². The van der Waals surface area contributed by atoms with Crippen LogP contribution in [0.5, 0.6) is 0 Å². The first kappa shape index (κ1) is 14.0. The molecule has 0 aliphatic carbocycles. The van der Waals surface area contributed by atoms with E-state index in [1.54, 1.807) is 12.1 Å². The Labute approximate surface area is 114 Å². The smallest absolute Gasteiger partial charge is 0.159 e. The van der Waals surface area contributed by atoms with Gasteiger partial charge in [-0.25, -0.2) is 4.39 Å². The lowest BCUT2D eigenvalue weighted by molar-refractivity contribution is 0.101. The SMILES string of the molecule is CC(=O)c1ccc(N2CCC(N(C)C)CC2)c(F)c1. The Morgan fingerprint density at radius 3 is 2.42 bits per heavy atom. The summed E-state index contributed by atoms with van der Waals surface area (Å²) in [5, 5.41) is 0. The molecule has 0 N–H and O–H groups in total. The zero-order valence-corrected chi connectivity index (χ0v) is 11.8. The number of carbonyl (C=O) groups is 1. The number of piperidine rings is 1. The van der Waals surface area contributed by atoms with Gasteiger partial charge in [-0.05, 0) is 52.1 Å². The number of halogens is 1. The Bertz CT molecular complexity index is 465. The van der Waals surface area contributed by atoms with Crippen molar-refractivity contribution in [2.75, 3.05) is 32.1 Å². The molecule has 1 heterocycles. The van der Waals surface area contributed by atoms with Gasteiger partial charge < -0.3 is 9.80 Å². The molecular weight excluding hydrogens is 243 g/mol. The summed E-state index contributed by atoms with van der Waals surface area (Å²) < 4.78 is 14.0. The van der Waals surface area contributed by atoms with Crippen LogP contribution in [0.1, 0.15) is 30.1 Å². The molecule has 1 fully saturated rings. The van der Waals surface area contributed by atoms with Gasteiger partial charge in [0.05, 0.1) is 5.69 Å². The molecule has 104 valence electrons. The van der Waals surface area contributed by atoms with E-state index < -0.39 is 0 Å². The van der Waals surface area contributed by atoms with Gasteiger partial charge in [-0.3, -0.25) is 4.79 Å². The highest BCUT2D eigenvalue weighted by molar-refractivity contribution is 5.94. The minimum atomic E-state index is -0.295. The molecule has 1 aliphatic heterocycles. The molecule has 0 unspecified atom stereocenters. The van der Waals surface area contributed by atoms with Gasteiger partial charge >= 0.3 is 0 Å². The van der Waals surface area contributed by atoms with Crippen molar-refractivity contribution in [3.05, 3.63) is 29.6 Å². The third-order valence-electron chi connectivity index (χ3n) is 3.89. The van der Waals surface area contributed by atoms with E-state index in [1.807, 2.05) is 0 Å². The second kappa shape index (κ2) is 5.70. The normalized spacial score (nSPS) is 17.0. The van der Waals surface area contributed by atoms with E-state index >= 15 is 0 Å². The molecule has 1 aromatic carbocycles. The van der Waals surface area contributed by atoms with Crippen molar-refractivity contribution in [2.24, 2.45) is 0 Å². The minimum Gasteiger partial charge on any atom is -0.369 e. The molecule has 0 aromatic heterocycles. The molecule has 0 bridgehead atoms. The van der Waals surface area contributed by atoms with E-state index in [9.17, 15) is 9.18 Å². The minimum absolute atomic E-state index is 0.100. The predicted octanol–water partition coefficient (Wildman–Crippen LogP) is 2.56. The maximum Gasteiger partial charge on any atom is 0.159 e. The quantitative estimate of drug-likeness (QED) is 0.784. The van der Waals surface area contributed by atoms with Crippen LogP contribution in [0.2, 0.25) is 0 Å². The standard InChI is InChI=1S/C15H21FN2O/c1-11(19)12-4-5-15(14(16)10-12)18-8-6-13(7-9-18)17(2)3/h4-5,10,13H,6-9H2,1-3H3. The van der Waals surface area contributed by atoms with Gasteiger partial charge in [0.2, 0.25) is 0 Å². The summed E-state index contributed by atoms with van der Waals surface area (Å²) in [6.07, 6.45) is 2.09. The molecule has 0 atom stereocenters. The largest absolute Gasteiger partial charge is 0.369 e. The lowest BCUT2D eigenvalue weighted by atomic mass is 10.0. The number of hydrogen-bond acceptors (Lipinski definition) is 3. The van der Waals surface area contributed by atoms with Crippen molar-refractivity contribution in [3.8, 4) is 0 Å². The average molecular weight is 264 g/mol. The zero-order valence-electron chi connectivity index (χ0n) is 11.8. The Balaban J connectivity index is 2.09. The number of nitrogens with zero attached hydrogens (tertiary/aromatic N) is 2. The van der Waals surface area contributed by atoms with Crippen LogP contribution in [0.15, 0.2) is 18.2 Å². The number of rotatable bonds is 3. The molecule has 3 nitrogen and oxygen atoms in total. The third-order valence-corrected chi connectivity index (χ3v) is 3.89. The van der Waals surface area contributed by atoms with Crippen LogP contribution in [0.3, 0.4) is 0 Å². The molecule has 0 radical (unpaired) electrons. The molecule has 4 heteroatoms. The second-order valence-corrected chi connectivity index (χ2v) is 5.40. The Hall–Kier alpha value is -1.42. The van der Waals surface area contributed by atoms with Crippen LogP contribution in [-0.4, -0.2) is 43.9 Å². The first-order valence-electron chi connectivity index (χ1n) is 6.71. The maximum atomic E-state index is 14.0. The lowest BCUT2D eigenvalue weighted by Gasteiger charge is -2.36. The summed E-state index contributed by atoms with van der Waals surface area (Å²) in [4.78, 5) is 15.5. The fraction of sp³-hybridized carbons (Fsp3) is 0.533. The Morgan fingerprint density at radius 1 is 1.32 bits per heavy atom. The molecule has 2 rings (SSSR count). The van der Waals surface area contributed by atoms with Crippen molar-refractivity contribution >= 4 is 11.5 Å². The molecule has 0 spiro atoms. The van der Waals surface area contributed by atoms with E-state index in [1.165, 1.54) is 13.0 Å². The van der Waals surface area contributed by atoms with Crippen LogP contribution >= 0.6 is 0 Å². The highest BCUT2D eigenvalue weighted by Crippen LogP contribution is 2.25. The molecule has 0 saturated carbocycles. The van der Waals surface area contributed by atoms with Gasteiger partial charge in [0, 0.05) is 24.7 Å². The number of carbonyl (C=O) groups excluding carboxylic acids is 1. The molecule has 1 aliphatic rings. The van der Waals surface area contributed by atoms with Crippen molar-refractivity contribution < 1.29 is 9.18 Å². The number of anilines is 1. The zero-order chi connectivity index (χ0) is 14.0. The third kappa shape index (κ3) is 3.13. The van der Waals surface area contributed by atoms with Gasteiger partial charge in [0.15, 0.2) is 5.78 Å². The fourth-order valence-electron chi connectivity index (χ4n) is 2.61. The molecule has 1 saturated heterocycles. The Morgan fingerprint density at radius 2 is 1.95 bits per heavy atom. The molecule has 1 aromatic rings. The number of benzene rings is 1. The molecule has 19 heavy (non-hydrogen) atoms. The summed E-state index contributed by atoms with van der Waals surface area (Å²) in [5.41, 5.74) is 1.05. The maximum absolute atomic E-state index is 14.0. The van der Waals surface area contributed by atoms with E-state index in [-0.39, 0.29) is 11.6 Å². The van der Waals surface area contributed by atoms with Crippen LogP contribution in [0, 0.1) is 5.82 Å². The van der Waals surface area contributed by atoms with Gasteiger partial charge in [-0.2, -0.15) is 0 Å². The van der Waals surface area contributed by atoms with Crippen LogP contribution in [0.25, 0.3) is 0 Å². The average Bonchev–Trinajstić information content (AvgIpc) is 2.38. The van der Waals surface area contributed by atoms with E-state index in [0.717, 1.165) is 25.9 Å². The van der Waals surface area contributed by atoms with Crippen LogP contribution in [-0.2, 0) is 0 Å². The summed E-state index contributed by atoms with van der Waals surface area (Å²) in [6.45, 7) is 3.18. The van der Waals surface area contributed by atoms with Crippen LogP contribution < -0.4 is 4.90 Å². The monoisotopic (exact) mass is 264 g/mol. The molecular formula is C15H21FN2O. The van der Waals surface area contributed by atoms with E-state index in [0.29, 0.717) is 17.3 Å². The summed E-state index contributed by atoms with van der Waals surface area (Å²) >= 11 is 0. The second-order valence-electron chi connectivity index (χ2n) is 5.40. The first-order valence-corrected chi connectivity index (χ1v) is 6.71. The van der Waals surface area contributed by atoms with Gasteiger partial charge in [0.1, 0.15) is 5.82 Å². The predicted molar refractivity (Wildman–Crippen MR) is 75.3 cm³/mol. The highest BCUT2D eigenvalue weighted by Gasteiger charge is 2.22. The lowest BCUT2D eigenvalue weighted by Crippen LogP contribution is -2.42. The summed E-state index contributed by atoms with van der Waals surface area (Å²) in [5.74, 6) is -0.396. The fourth-order valence-corrected chi connectivity index (χ4v) is 2.61. The topological polar surface area (TPSA) is 23.6 Å².